The quantitative estimate of drug-likeness (QED) is 0.226. The maximum Gasteiger partial charge on any atom is 0.252 e. The SMILES string of the molecule is CC(C)CNC(=O)[C@H](C)C[C@H](O)[C@H](CC(C)C)NC(=O)[C@H](Cc1ccccc1)NC(=O)c1cccc2ccccc12. The van der Waals surface area contributed by atoms with E-state index in [2.05, 4.69) is 16.0 Å². The van der Waals surface area contributed by atoms with Crippen LogP contribution in [0.5, 0.6) is 0 Å². The molecule has 0 saturated carbocycles. The zero-order valence-electron chi connectivity index (χ0n) is 24.9. The molecule has 41 heavy (non-hydrogen) atoms. The van der Waals surface area contributed by atoms with Gasteiger partial charge >= 0.3 is 0 Å². The predicted molar refractivity (Wildman–Crippen MR) is 164 cm³/mol. The summed E-state index contributed by atoms with van der Waals surface area (Å²) in [7, 11) is 0. The van der Waals surface area contributed by atoms with Crippen molar-refractivity contribution in [1.82, 2.24) is 16.0 Å². The Hall–Kier alpha value is -3.71. The molecule has 3 amide bonds. The Kier molecular flexibility index (Phi) is 11.9. The summed E-state index contributed by atoms with van der Waals surface area (Å²) < 4.78 is 0. The molecule has 220 valence electrons. The number of aliphatic hydroxyl groups excluding tert-OH is 1. The second kappa shape index (κ2) is 15.3. The molecule has 4 N–H and O–H groups in total. The molecule has 7 nitrogen and oxygen atoms in total. The maximum atomic E-state index is 13.8. The van der Waals surface area contributed by atoms with Gasteiger partial charge in [0, 0.05) is 24.4 Å². The van der Waals surface area contributed by atoms with Crippen LogP contribution in [0.25, 0.3) is 10.8 Å². The highest BCUT2D eigenvalue weighted by Gasteiger charge is 2.30. The van der Waals surface area contributed by atoms with E-state index in [0.29, 0.717) is 30.9 Å². The fourth-order valence-electron chi connectivity index (χ4n) is 4.93. The van der Waals surface area contributed by atoms with Crippen LogP contribution in [0.15, 0.2) is 72.8 Å². The molecule has 0 fully saturated rings. The molecule has 0 saturated heterocycles. The standard InChI is InChI=1S/C34H45N3O4/c1-22(2)18-29(31(38)19-24(5)32(39)35-21-23(3)4)36-34(41)30(20-25-12-7-6-8-13-25)37-33(40)28-17-11-15-26-14-9-10-16-27(26)28/h6-17,22-24,29-31,38H,18-21H2,1-5H3,(H,35,39)(H,36,41)(H,37,40)/t24-,29+,30+,31+/m1/s1. The highest BCUT2D eigenvalue weighted by Crippen LogP contribution is 2.20. The summed E-state index contributed by atoms with van der Waals surface area (Å²) in [6, 6.07) is 21.3. The number of nitrogens with one attached hydrogen (secondary N) is 3. The van der Waals surface area contributed by atoms with Crippen molar-refractivity contribution in [2.24, 2.45) is 17.8 Å². The summed E-state index contributed by atoms with van der Waals surface area (Å²) >= 11 is 0. The van der Waals surface area contributed by atoms with Gasteiger partial charge in [-0.05, 0) is 47.1 Å². The average Bonchev–Trinajstić information content (AvgIpc) is 2.94. The first-order valence-electron chi connectivity index (χ1n) is 14.6. The van der Waals surface area contributed by atoms with Gasteiger partial charge in [0.05, 0.1) is 12.1 Å². The van der Waals surface area contributed by atoms with E-state index in [1.165, 1.54) is 0 Å². The van der Waals surface area contributed by atoms with Crippen LogP contribution >= 0.6 is 0 Å². The number of hydrogen-bond acceptors (Lipinski definition) is 4. The number of carbonyl (C=O) groups excluding carboxylic acids is 3. The van der Waals surface area contributed by atoms with Crippen molar-refractivity contribution in [2.75, 3.05) is 6.54 Å². The number of carbonyl (C=O) groups is 3. The van der Waals surface area contributed by atoms with E-state index in [9.17, 15) is 19.5 Å². The molecule has 0 aliphatic carbocycles. The van der Waals surface area contributed by atoms with Gasteiger partial charge in [-0.2, -0.15) is 0 Å². The Morgan fingerprint density at radius 3 is 2.07 bits per heavy atom. The third-order valence-electron chi connectivity index (χ3n) is 7.18. The first kappa shape index (κ1) is 31.8. The summed E-state index contributed by atoms with van der Waals surface area (Å²) in [5.74, 6) is -0.718. The minimum Gasteiger partial charge on any atom is -0.391 e. The largest absolute Gasteiger partial charge is 0.391 e. The van der Waals surface area contributed by atoms with E-state index in [1.807, 2.05) is 94.4 Å². The summed E-state index contributed by atoms with van der Waals surface area (Å²) in [6.07, 6.45) is 0.115. The first-order chi connectivity index (χ1) is 19.5. The van der Waals surface area contributed by atoms with Gasteiger partial charge in [-0.15, -0.1) is 0 Å². The monoisotopic (exact) mass is 559 g/mol. The molecule has 7 heteroatoms. The van der Waals surface area contributed by atoms with Crippen molar-refractivity contribution in [2.45, 2.75) is 72.1 Å². The van der Waals surface area contributed by atoms with E-state index in [4.69, 9.17) is 0 Å². The van der Waals surface area contributed by atoms with Crippen molar-refractivity contribution < 1.29 is 19.5 Å². The van der Waals surface area contributed by atoms with Crippen molar-refractivity contribution in [3.63, 3.8) is 0 Å². The summed E-state index contributed by atoms with van der Waals surface area (Å²) in [5.41, 5.74) is 1.40. The predicted octanol–water partition coefficient (Wildman–Crippen LogP) is 4.87. The van der Waals surface area contributed by atoms with Crippen LogP contribution in [0.2, 0.25) is 0 Å². The Balaban J connectivity index is 1.79. The normalized spacial score (nSPS) is 14.3. The number of amides is 3. The zero-order chi connectivity index (χ0) is 29.9. The second-order valence-electron chi connectivity index (χ2n) is 11.8. The van der Waals surface area contributed by atoms with Crippen LogP contribution in [-0.2, 0) is 16.0 Å². The Labute approximate surface area is 244 Å². The summed E-state index contributed by atoms with van der Waals surface area (Å²) in [4.78, 5) is 39.8. The number of aliphatic hydroxyl groups is 1. The third kappa shape index (κ3) is 9.71. The highest BCUT2D eigenvalue weighted by atomic mass is 16.3. The van der Waals surface area contributed by atoms with Crippen molar-refractivity contribution in [1.29, 1.82) is 0 Å². The average molecular weight is 560 g/mol. The van der Waals surface area contributed by atoms with Gasteiger partial charge < -0.3 is 21.1 Å². The van der Waals surface area contributed by atoms with Crippen molar-refractivity contribution in [3.8, 4) is 0 Å². The topological polar surface area (TPSA) is 108 Å². The Bertz CT molecular complexity index is 1290. The van der Waals surface area contributed by atoms with Crippen LogP contribution in [0.1, 0.15) is 63.4 Å². The number of benzene rings is 3. The number of hydrogen-bond donors (Lipinski definition) is 4. The lowest BCUT2D eigenvalue weighted by atomic mass is 9.92. The smallest absolute Gasteiger partial charge is 0.252 e. The lowest BCUT2D eigenvalue weighted by Gasteiger charge is -2.29. The Morgan fingerprint density at radius 2 is 1.39 bits per heavy atom. The van der Waals surface area contributed by atoms with Crippen molar-refractivity contribution >= 4 is 28.5 Å². The molecule has 3 rings (SSSR count). The lowest BCUT2D eigenvalue weighted by Crippen LogP contribution is -2.54. The minimum absolute atomic E-state index is 0.114. The van der Waals surface area contributed by atoms with Gasteiger partial charge in [0.15, 0.2) is 0 Å². The summed E-state index contributed by atoms with van der Waals surface area (Å²) in [6.45, 7) is 10.5. The van der Waals surface area contributed by atoms with E-state index in [0.717, 1.165) is 16.3 Å². The van der Waals surface area contributed by atoms with Gasteiger partial charge in [0.1, 0.15) is 6.04 Å². The molecule has 0 heterocycles. The fourth-order valence-corrected chi connectivity index (χ4v) is 4.93. The molecule has 0 unspecified atom stereocenters. The van der Waals surface area contributed by atoms with Crippen LogP contribution in [0.3, 0.4) is 0 Å². The molecule has 3 aromatic rings. The maximum absolute atomic E-state index is 13.8. The van der Waals surface area contributed by atoms with Crippen LogP contribution in [0, 0.1) is 17.8 Å². The number of fused-ring (bicyclic) bond motifs is 1. The van der Waals surface area contributed by atoms with E-state index >= 15 is 0 Å². The van der Waals surface area contributed by atoms with Crippen LogP contribution < -0.4 is 16.0 Å². The zero-order valence-corrected chi connectivity index (χ0v) is 24.9. The highest BCUT2D eigenvalue weighted by molar-refractivity contribution is 6.08. The summed E-state index contributed by atoms with van der Waals surface area (Å²) in [5, 5.41) is 21.8. The van der Waals surface area contributed by atoms with Gasteiger partial charge in [0.25, 0.3) is 5.91 Å². The number of rotatable bonds is 14. The molecule has 0 spiro atoms. The van der Waals surface area contributed by atoms with Gasteiger partial charge in [0.2, 0.25) is 11.8 Å². The molecule has 0 radical (unpaired) electrons. The molecular weight excluding hydrogens is 514 g/mol. The molecule has 3 aromatic carbocycles. The van der Waals surface area contributed by atoms with E-state index < -0.39 is 24.1 Å². The van der Waals surface area contributed by atoms with Crippen LogP contribution in [-0.4, -0.2) is 47.6 Å². The molecule has 0 bridgehead atoms. The first-order valence-corrected chi connectivity index (χ1v) is 14.6. The third-order valence-corrected chi connectivity index (χ3v) is 7.18. The van der Waals surface area contributed by atoms with Gasteiger partial charge in [-0.3, -0.25) is 14.4 Å². The molecule has 4 atom stereocenters. The van der Waals surface area contributed by atoms with E-state index in [-0.39, 0.29) is 30.1 Å². The van der Waals surface area contributed by atoms with Gasteiger partial charge in [-0.25, -0.2) is 0 Å². The van der Waals surface area contributed by atoms with Gasteiger partial charge in [-0.1, -0.05) is 101 Å². The van der Waals surface area contributed by atoms with Crippen molar-refractivity contribution in [3.05, 3.63) is 83.9 Å². The molecule has 0 aromatic heterocycles. The molecule has 0 aliphatic heterocycles. The fraction of sp³-hybridized carbons (Fsp3) is 0.441. The molecule has 0 aliphatic rings. The van der Waals surface area contributed by atoms with E-state index in [1.54, 1.807) is 13.0 Å². The second-order valence-corrected chi connectivity index (χ2v) is 11.8. The lowest BCUT2D eigenvalue weighted by molar-refractivity contribution is -0.126. The minimum atomic E-state index is -0.924. The van der Waals surface area contributed by atoms with Crippen LogP contribution in [0.4, 0.5) is 0 Å². The molecular formula is C34H45N3O4. The Morgan fingerprint density at radius 1 is 0.732 bits per heavy atom.